The van der Waals surface area contributed by atoms with Gasteiger partial charge >= 0.3 is 0 Å². The van der Waals surface area contributed by atoms with Crippen molar-refractivity contribution in [2.24, 2.45) is 11.7 Å². The van der Waals surface area contributed by atoms with Gasteiger partial charge in [0.05, 0.1) is 5.52 Å². The fourth-order valence-corrected chi connectivity index (χ4v) is 2.34. The van der Waals surface area contributed by atoms with E-state index in [4.69, 9.17) is 5.73 Å². The number of rotatable bonds is 2. The molecule has 2 nitrogen and oxygen atoms in total. The van der Waals surface area contributed by atoms with Crippen molar-refractivity contribution in [1.82, 2.24) is 4.98 Å². The van der Waals surface area contributed by atoms with Gasteiger partial charge in [-0.25, -0.2) is 0 Å². The number of para-hydroxylation sites is 1. The third kappa shape index (κ3) is 1.69. The molecular formula is C14H16N2. The van der Waals surface area contributed by atoms with Gasteiger partial charge in [-0.2, -0.15) is 0 Å². The molecular weight excluding hydrogens is 196 g/mol. The van der Waals surface area contributed by atoms with Crippen LogP contribution < -0.4 is 5.73 Å². The third-order valence-corrected chi connectivity index (χ3v) is 3.60. The zero-order valence-electron chi connectivity index (χ0n) is 9.26. The Morgan fingerprint density at radius 2 is 2.00 bits per heavy atom. The SMILES string of the molecule is NC1CCC1Cc1ccc2ccccc2n1. The van der Waals surface area contributed by atoms with Crippen LogP contribution in [0.1, 0.15) is 18.5 Å². The number of nitrogens with two attached hydrogens (primary N) is 1. The topological polar surface area (TPSA) is 38.9 Å². The van der Waals surface area contributed by atoms with Crippen LogP contribution in [-0.2, 0) is 6.42 Å². The summed E-state index contributed by atoms with van der Waals surface area (Å²) in [6.07, 6.45) is 3.47. The second-order valence-corrected chi connectivity index (χ2v) is 4.70. The number of benzene rings is 1. The number of hydrogen-bond donors (Lipinski definition) is 1. The lowest BCUT2D eigenvalue weighted by molar-refractivity contribution is 0.254. The van der Waals surface area contributed by atoms with Crippen LogP contribution in [0.25, 0.3) is 10.9 Å². The summed E-state index contributed by atoms with van der Waals surface area (Å²) in [6, 6.07) is 12.9. The fourth-order valence-electron chi connectivity index (χ4n) is 2.34. The average molecular weight is 212 g/mol. The van der Waals surface area contributed by atoms with E-state index in [9.17, 15) is 0 Å². The van der Waals surface area contributed by atoms with Crippen LogP contribution in [0.2, 0.25) is 0 Å². The van der Waals surface area contributed by atoms with Crippen molar-refractivity contribution in [3.8, 4) is 0 Å². The van der Waals surface area contributed by atoms with Crippen molar-refractivity contribution >= 4 is 10.9 Å². The maximum absolute atomic E-state index is 5.96. The van der Waals surface area contributed by atoms with Gasteiger partial charge in [-0.05, 0) is 37.3 Å². The predicted molar refractivity (Wildman–Crippen MR) is 66.1 cm³/mol. The lowest BCUT2D eigenvalue weighted by Gasteiger charge is -2.33. The quantitative estimate of drug-likeness (QED) is 0.830. The maximum atomic E-state index is 5.96. The highest BCUT2D eigenvalue weighted by Gasteiger charge is 2.27. The molecule has 16 heavy (non-hydrogen) atoms. The highest BCUT2D eigenvalue weighted by atomic mass is 14.7. The molecule has 0 amide bonds. The number of aromatic nitrogens is 1. The molecule has 2 unspecified atom stereocenters. The number of pyridine rings is 1. The van der Waals surface area contributed by atoms with Crippen LogP contribution in [0, 0.1) is 5.92 Å². The Balaban J connectivity index is 1.87. The number of hydrogen-bond acceptors (Lipinski definition) is 2. The molecule has 1 aliphatic carbocycles. The highest BCUT2D eigenvalue weighted by molar-refractivity contribution is 5.78. The molecule has 3 rings (SSSR count). The van der Waals surface area contributed by atoms with Crippen molar-refractivity contribution < 1.29 is 0 Å². The lowest BCUT2D eigenvalue weighted by atomic mass is 9.77. The van der Waals surface area contributed by atoms with Crippen LogP contribution in [0.5, 0.6) is 0 Å². The van der Waals surface area contributed by atoms with Gasteiger partial charge in [0, 0.05) is 17.1 Å². The number of nitrogens with zero attached hydrogens (tertiary/aromatic N) is 1. The molecule has 82 valence electrons. The molecule has 1 fully saturated rings. The Morgan fingerprint density at radius 3 is 2.75 bits per heavy atom. The monoisotopic (exact) mass is 212 g/mol. The van der Waals surface area contributed by atoms with Crippen molar-refractivity contribution in [1.29, 1.82) is 0 Å². The van der Waals surface area contributed by atoms with Gasteiger partial charge in [0.15, 0.2) is 0 Å². The molecule has 1 saturated carbocycles. The van der Waals surface area contributed by atoms with Gasteiger partial charge in [0.1, 0.15) is 0 Å². The van der Waals surface area contributed by atoms with E-state index in [1.54, 1.807) is 0 Å². The molecule has 2 heteroatoms. The van der Waals surface area contributed by atoms with Gasteiger partial charge in [-0.1, -0.05) is 24.3 Å². The Morgan fingerprint density at radius 1 is 1.12 bits per heavy atom. The second kappa shape index (κ2) is 3.87. The van der Waals surface area contributed by atoms with Crippen LogP contribution in [0.3, 0.4) is 0 Å². The van der Waals surface area contributed by atoms with E-state index in [-0.39, 0.29) is 0 Å². The van der Waals surface area contributed by atoms with E-state index in [0.29, 0.717) is 12.0 Å². The maximum Gasteiger partial charge on any atom is 0.0705 e. The van der Waals surface area contributed by atoms with Crippen molar-refractivity contribution in [2.75, 3.05) is 0 Å². The summed E-state index contributed by atoms with van der Waals surface area (Å²) in [5.74, 6) is 0.647. The molecule has 1 aliphatic rings. The van der Waals surface area contributed by atoms with E-state index in [1.807, 2.05) is 12.1 Å². The summed E-state index contributed by atoms with van der Waals surface area (Å²) in [4.78, 5) is 4.68. The summed E-state index contributed by atoms with van der Waals surface area (Å²) in [5, 5.41) is 1.21. The molecule has 0 bridgehead atoms. The lowest BCUT2D eigenvalue weighted by Crippen LogP contribution is -2.40. The molecule has 2 atom stereocenters. The van der Waals surface area contributed by atoms with Gasteiger partial charge < -0.3 is 5.73 Å². The Labute approximate surface area is 95.5 Å². The summed E-state index contributed by atoms with van der Waals surface area (Å²) in [6.45, 7) is 0. The molecule has 2 aromatic rings. The largest absolute Gasteiger partial charge is 0.327 e. The minimum atomic E-state index is 0.397. The van der Waals surface area contributed by atoms with Gasteiger partial charge in [-0.15, -0.1) is 0 Å². The summed E-state index contributed by atoms with van der Waals surface area (Å²) >= 11 is 0. The molecule has 1 aromatic carbocycles. The summed E-state index contributed by atoms with van der Waals surface area (Å²) in [7, 11) is 0. The smallest absolute Gasteiger partial charge is 0.0705 e. The van der Waals surface area contributed by atoms with Crippen LogP contribution in [0.4, 0.5) is 0 Å². The molecule has 0 saturated heterocycles. The first-order chi connectivity index (χ1) is 7.83. The van der Waals surface area contributed by atoms with Gasteiger partial charge in [0.2, 0.25) is 0 Å². The number of fused-ring (bicyclic) bond motifs is 1. The van der Waals surface area contributed by atoms with E-state index in [0.717, 1.165) is 11.9 Å². The Hall–Kier alpha value is -1.41. The predicted octanol–water partition coefficient (Wildman–Crippen LogP) is 2.51. The van der Waals surface area contributed by atoms with Crippen LogP contribution in [-0.4, -0.2) is 11.0 Å². The van der Waals surface area contributed by atoms with Gasteiger partial charge in [-0.3, -0.25) is 4.98 Å². The normalized spacial score (nSPS) is 24.3. The molecule has 0 spiro atoms. The third-order valence-electron chi connectivity index (χ3n) is 3.60. The van der Waals surface area contributed by atoms with E-state index in [2.05, 4.69) is 29.2 Å². The molecule has 0 aliphatic heterocycles. The highest BCUT2D eigenvalue weighted by Crippen LogP contribution is 2.28. The zero-order valence-corrected chi connectivity index (χ0v) is 9.26. The molecule has 1 aromatic heterocycles. The van der Waals surface area contributed by atoms with Gasteiger partial charge in [0.25, 0.3) is 0 Å². The molecule has 0 radical (unpaired) electrons. The second-order valence-electron chi connectivity index (χ2n) is 4.70. The van der Waals surface area contributed by atoms with E-state index in [1.165, 1.54) is 23.9 Å². The Bertz CT molecular complexity index is 507. The fraction of sp³-hybridized carbons (Fsp3) is 0.357. The zero-order chi connectivity index (χ0) is 11.0. The molecule has 1 heterocycles. The van der Waals surface area contributed by atoms with Crippen molar-refractivity contribution in [3.63, 3.8) is 0 Å². The minimum Gasteiger partial charge on any atom is -0.327 e. The van der Waals surface area contributed by atoms with Crippen molar-refractivity contribution in [3.05, 3.63) is 42.1 Å². The summed E-state index contributed by atoms with van der Waals surface area (Å²) < 4.78 is 0. The minimum absolute atomic E-state index is 0.397. The standard InChI is InChI=1S/C14H16N2/c15-13-8-6-11(13)9-12-7-5-10-3-1-2-4-14(10)16-12/h1-5,7,11,13H,6,8-9,15H2. The van der Waals surface area contributed by atoms with Crippen LogP contribution >= 0.6 is 0 Å². The molecule has 2 N–H and O–H groups in total. The average Bonchev–Trinajstić information content (AvgIpc) is 2.34. The van der Waals surface area contributed by atoms with Crippen LogP contribution in [0.15, 0.2) is 36.4 Å². The first kappa shape index (κ1) is 9.79. The first-order valence-electron chi connectivity index (χ1n) is 5.93. The van der Waals surface area contributed by atoms with Crippen molar-refractivity contribution in [2.45, 2.75) is 25.3 Å². The van der Waals surface area contributed by atoms with E-state index >= 15 is 0 Å². The Kier molecular flexibility index (Phi) is 2.37. The van der Waals surface area contributed by atoms with E-state index < -0.39 is 0 Å². The first-order valence-corrected chi connectivity index (χ1v) is 5.93. The summed E-state index contributed by atoms with van der Waals surface area (Å²) in [5.41, 5.74) is 8.23.